The average molecular weight is 174 g/mol. The Hall–Kier alpha value is 0.270. The molecule has 3 rings (SSSR count). The molecule has 3 aliphatic rings. The average Bonchev–Trinajstić information content (AvgIpc) is 2.07. The Labute approximate surface area is 75.1 Å². The van der Waals surface area contributed by atoms with E-state index in [4.69, 9.17) is 0 Å². The Morgan fingerprint density at radius 1 is 1.18 bits per heavy atom. The van der Waals surface area contributed by atoms with Gasteiger partial charge in [0, 0.05) is 25.2 Å². The van der Waals surface area contributed by atoms with E-state index in [0.717, 1.165) is 25.2 Å². The van der Waals surface area contributed by atoms with Crippen LogP contribution >= 0.6 is 12.8 Å². The van der Waals surface area contributed by atoms with Crippen molar-refractivity contribution in [1.29, 1.82) is 0 Å². The van der Waals surface area contributed by atoms with Crippen molar-refractivity contribution < 1.29 is 0 Å². The molecular formula is C8H18N2S. The molecule has 3 aliphatic heterocycles. The van der Waals surface area contributed by atoms with Crippen molar-refractivity contribution in [3.05, 3.63) is 0 Å². The van der Waals surface area contributed by atoms with E-state index in [1.165, 1.54) is 6.42 Å². The van der Waals surface area contributed by atoms with E-state index in [1.54, 1.807) is 0 Å². The molecule has 3 fully saturated rings. The van der Waals surface area contributed by atoms with Gasteiger partial charge in [-0.25, -0.2) is 0 Å². The minimum atomic E-state index is 0.807. The fraction of sp³-hybridized carbons (Fsp3) is 1.00. The van der Waals surface area contributed by atoms with Crippen molar-refractivity contribution in [2.24, 2.45) is 0 Å². The van der Waals surface area contributed by atoms with Gasteiger partial charge < -0.3 is 0 Å². The fourth-order valence-electron chi connectivity index (χ4n) is 1.77. The molecule has 0 spiro atoms. The van der Waals surface area contributed by atoms with Crippen molar-refractivity contribution in [1.82, 2.24) is 9.21 Å². The van der Waals surface area contributed by atoms with Gasteiger partial charge in [0.1, 0.15) is 0 Å². The molecule has 3 heteroatoms. The van der Waals surface area contributed by atoms with Gasteiger partial charge in [0.25, 0.3) is 0 Å². The summed E-state index contributed by atoms with van der Waals surface area (Å²) in [6, 6.07) is 1.61. The third-order valence-corrected chi connectivity index (χ3v) is 2.87. The molecule has 3 heterocycles. The monoisotopic (exact) mass is 174 g/mol. The third-order valence-electron chi connectivity index (χ3n) is 2.54. The molecular weight excluding hydrogens is 156 g/mol. The maximum absolute atomic E-state index is 4.30. The van der Waals surface area contributed by atoms with E-state index in [2.05, 4.69) is 29.1 Å². The molecule has 66 valence electrons. The molecule has 3 saturated heterocycles. The standard InChI is InChI=1S/C6H12N2S.C2H6/c1-7-5-2-6(7)4-8(9)3-5;1-2/h5-6,9H,2-4H2,1H3;1-2H3. The van der Waals surface area contributed by atoms with Gasteiger partial charge in [0.2, 0.25) is 0 Å². The van der Waals surface area contributed by atoms with Crippen molar-refractivity contribution in [3.63, 3.8) is 0 Å². The minimum Gasteiger partial charge on any atom is -0.298 e. The number of nitrogens with zero attached hydrogens (tertiary/aromatic N) is 2. The van der Waals surface area contributed by atoms with E-state index >= 15 is 0 Å². The smallest absolute Gasteiger partial charge is 0.0248 e. The molecule has 0 aliphatic carbocycles. The minimum absolute atomic E-state index is 0.807. The summed E-state index contributed by atoms with van der Waals surface area (Å²) in [7, 11) is 2.21. The first-order valence-corrected chi connectivity index (χ1v) is 4.83. The molecule has 0 N–H and O–H groups in total. The molecule has 2 atom stereocenters. The number of hydrogen-bond acceptors (Lipinski definition) is 3. The van der Waals surface area contributed by atoms with Crippen molar-refractivity contribution in [2.75, 3.05) is 20.1 Å². The maximum Gasteiger partial charge on any atom is 0.0248 e. The summed E-state index contributed by atoms with van der Waals surface area (Å²) in [5, 5.41) is 0. The predicted octanol–water partition coefficient (Wildman–Crippen LogP) is 1.25. The number of fused-ring (bicyclic) bond motifs is 2. The van der Waals surface area contributed by atoms with Crippen LogP contribution in [0, 0.1) is 0 Å². The van der Waals surface area contributed by atoms with E-state index < -0.39 is 0 Å². The summed E-state index contributed by atoms with van der Waals surface area (Å²) in [6.07, 6.45) is 1.40. The highest BCUT2D eigenvalue weighted by molar-refractivity contribution is 7.77. The van der Waals surface area contributed by atoms with Crippen molar-refractivity contribution >= 4 is 12.8 Å². The zero-order valence-corrected chi connectivity index (χ0v) is 8.51. The van der Waals surface area contributed by atoms with Crippen LogP contribution in [0.15, 0.2) is 0 Å². The molecule has 11 heavy (non-hydrogen) atoms. The van der Waals surface area contributed by atoms with Gasteiger partial charge in [-0.1, -0.05) is 26.7 Å². The second kappa shape index (κ2) is 3.78. The highest BCUT2D eigenvalue weighted by Crippen LogP contribution is 2.30. The molecule has 2 bridgehead atoms. The van der Waals surface area contributed by atoms with Gasteiger partial charge in [-0.3, -0.25) is 9.21 Å². The first-order chi connectivity index (χ1) is 5.27. The largest absolute Gasteiger partial charge is 0.298 e. The van der Waals surface area contributed by atoms with Gasteiger partial charge in [-0.2, -0.15) is 0 Å². The van der Waals surface area contributed by atoms with Crippen LogP contribution in [-0.2, 0) is 0 Å². The summed E-state index contributed by atoms with van der Waals surface area (Å²) in [5.41, 5.74) is 0. The molecule has 2 unspecified atom stereocenters. The SMILES string of the molecule is CC.CN1C2CC1CN(S)C2. The van der Waals surface area contributed by atoms with Crippen molar-refractivity contribution in [3.8, 4) is 0 Å². The van der Waals surface area contributed by atoms with Gasteiger partial charge in [-0.05, 0) is 13.5 Å². The highest BCUT2D eigenvalue weighted by atomic mass is 32.1. The first-order valence-electron chi connectivity index (χ1n) is 4.43. The lowest BCUT2D eigenvalue weighted by Crippen LogP contribution is -2.65. The van der Waals surface area contributed by atoms with Crippen LogP contribution in [0.3, 0.4) is 0 Å². The van der Waals surface area contributed by atoms with E-state index in [0.29, 0.717) is 0 Å². The number of rotatable bonds is 0. The van der Waals surface area contributed by atoms with Gasteiger partial charge in [0.05, 0.1) is 0 Å². The van der Waals surface area contributed by atoms with Crippen LogP contribution in [0.5, 0.6) is 0 Å². The Bertz CT molecular complexity index is 117. The molecule has 0 radical (unpaired) electrons. The normalized spacial score (nSPS) is 37.1. The topological polar surface area (TPSA) is 6.48 Å². The molecule has 0 amide bonds. The second-order valence-electron chi connectivity index (χ2n) is 3.08. The third kappa shape index (κ3) is 1.71. The van der Waals surface area contributed by atoms with Crippen LogP contribution in [-0.4, -0.2) is 41.4 Å². The van der Waals surface area contributed by atoms with Crippen LogP contribution in [0.4, 0.5) is 0 Å². The quantitative estimate of drug-likeness (QED) is 0.552. The summed E-state index contributed by atoms with van der Waals surface area (Å²) in [6.45, 7) is 6.30. The molecule has 0 aromatic heterocycles. The Kier molecular flexibility index (Phi) is 3.22. The zero-order valence-electron chi connectivity index (χ0n) is 7.62. The lowest BCUT2D eigenvalue weighted by atomic mass is 9.90. The molecule has 0 aromatic rings. The van der Waals surface area contributed by atoms with E-state index in [1.807, 2.05) is 13.8 Å². The number of piperazine rings is 1. The number of hydrogen-bond donors (Lipinski definition) is 1. The predicted molar refractivity (Wildman–Crippen MR) is 51.9 cm³/mol. The van der Waals surface area contributed by atoms with Crippen LogP contribution < -0.4 is 0 Å². The molecule has 0 aromatic carbocycles. The van der Waals surface area contributed by atoms with Crippen molar-refractivity contribution in [2.45, 2.75) is 32.4 Å². The van der Waals surface area contributed by atoms with Gasteiger partial charge in [-0.15, -0.1) is 0 Å². The summed E-state index contributed by atoms with van der Waals surface area (Å²) >= 11 is 4.30. The first kappa shape index (κ1) is 9.36. The lowest BCUT2D eigenvalue weighted by Gasteiger charge is -2.53. The Morgan fingerprint density at radius 3 is 1.91 bits per heavy atom. The van der Waals surface area contributed by atoms with E-state index in [-0.39, 0.29) is 0 Å². The Balaban J connectivity index is 0.000000281. The van der Waals surface area contributed by atoms with E-state index in [9.17, 15) is 0 Å². The number of thiol groups is 1. The van der Waals surface area contributed by atoms with Crippen LogP contribution in [0.25, 0.3) is 0 Å². The maximum atomic E-state index is 4.30. The zero-order chi connectivity index (χ0) is 8.43. The summed E-state index contributed by atoms with van der Waals surface area (Å²) < 4.78 is 2.12. The van der Waals surface area contributed by atoms with Gasteiger partial charge >= 0.3 is 0 Å². The van der Waals surface area contributed by atoms with Gasteiger partial charge in [0.15, 0.2) is 0 Å². The summed E-state index contributed by atoms with van der Waals surface area (Å²) in [4.78, 5) is 2.45. The number of likely N-dealkylation sites (N-methyl/N-ethyl adjacent to an activating group) is 1. The molecule has 0 saturated carbocycles. The molecule has 2 nitrogen and oxygen atoms in total. The highest BCUT2D eigenvalue weighted by Gasteiger charge is 2.40. The fourth-order valence-corrected chi connectivity index (χ4v) is 2.15. The van der Waals surface area contributed by atoms with Crippen LogP contribution in [0.1, 0.15) is 20.3 Å². The Morgan fingerprint density at radius 2 is 1.64 bits per heavy atom. The van der Waals surface area contributed by atoms with Crippen LogP contribution in [0.2, 0.25) is 0 Å². The summed E-state index contributed by atoms with van der Waals surface area (Å²) in [5.74, 6) is 0. The lowest BCUT2D eigenvalue weighted by molar-refractivity contribution is -0.0171. The second-order valence-corrected chi connectivity index (χ2v) is 3.65. The number of piperidine rings is 1.